The molecule has 2 saturated heterocycles. The summed E-state index contributed by atoms with van der Waals surface area (Å²) in [5, 5.41) is 1.62. The van der Waals surface area contributed by atoms with E-state index < -0.39 is 0 Å². The number of nitrogens with zero attached hydrogens (tertiary/aromatic N) is 1. The number of aryl methyl sites for hydroxylation is 1. The lowest BCUT2D eigenvalue weighted by molar-refractivity contribution is 0.0352. The van der Waals surface area contributed by atoms with Gasteiger partial charge in [-0.15, -0.1) is 0 Å². The number of rotatable bonds is 3. The predicted octanol–water partition coefficient (Wildman–Crippen LogP) is 3.06. The minimum absolute atomic E-state index is 0.249. The van der Waals surface area contributed by atoms with Gasteiger partial charge < -0.3 is 9.15 Å². The summed E-state index contributed by atoms with van der Waals surface area (Å²) in [4.78, 5) is 14.6. The first-order valence-electron chi connectivity index (χ1n) is 8.73. The van der Waals surface area contributed by atoms with Crippen molar-refractivity contribution >= 4 is 22.7 Å². The maximum absolute atomic E-state index is 12.0. The smallest absolute Gasteiger partial charge is 0.336 e. The number of benzene rings is 1. The fraction of sp³-hybridized carbons (Fsp3) is 0.526. The Morgan fingerprint density at radius 1 is 1.33 bits per heavy atom. The van der Waals surface area contributed by atoms with Crippen LogP contribution in [0.5, 0.6) is 0 Å². The molecule has 2 atom stereocenters. The maximum atomic E-state index is 12.0. The van der Waals surface area contributed by atoms with Crippen molar-refractivity contribution in [3.05, 3.63) is 45.8 Å². The van der Waals surface area contributed by atoms with Crippen LogP contribution in [0.2, 0.25) is 0 Å². The van der Waals surface area contributed by atoms with Crippen molar-refractivity contribution in [1.29, 1.82) is 0 Å². The number of hydrogen-bond acceptors (Lipinski definition) is 5. The van der Waals surface area contributed by atoms with Crippen molar-refractivity contribution in [3.63, 3.8) is 0 Å². The average molecular weight is 345 g/mol. The van der Waals surface area contributed by atoms with Gasteiger partial charge in [-0.3, -0.25) is 4.90 Å². The molecule has 0 aliphatic carbocycles. The molecule has 0 saturated carbocycles. The molecular formula is C19H23NO3S. The van der Waals surface area contributed by atoms with Crippen LogP contribution in [0.15, 0.2) is 33.5 Å². The highest BCUT2D eigenvalue weighted by Crippen LogP contribution is 2.32. The molecule has 1 aromatic carbocycles. The molecule has 128 valence electrons. The first-order valence-corrected chi connectivity index (χ1v) is 9.78. The zero-order valence-corrected chi connectivity index (χ0v) is 14.8. The van der Waals surface area contributed by atoms with Crippen molar-refractivity contribution in [2.24, 2.45) is 0 Å². The lowest BCUT2D eigenvalue weighted by Gasteiger charge is -2.43. The second-order valence-electron chi connectivity index (χ2n) is 6.59. The molecule has 0 radical (unpaired) electrons. The monoisotopic (exact) mass is 345 g/mol. The molecule has 0 unspecified atom stereocenters. The summed E-state index contributed by atoms with van der Waals surface area (Å²) in [6.45, 7) is 5.69. The summed E-state index contributed by atoms with van der Waals surface area (Å²) in [5.74, 6) is 1.13. The van der Waals surface area contributed by atoms with Crippen molar-refractivity contribution in [2.45, 2.75) is 37.6 Å². The zero-order chi connectivity index (χ0) is 16.5. The van der Waals surface area contributed by atoms with Crippen LogP contribution < -0.4 is 5.63 Å². The third-order valence-electron chi connectivity index (χ3n) is 5.12. The van der Waals surface area contributed by atoms with Crippen molar-refractivity contribution < 1.29 is 9.15 Å². The van der Waals surface area contributed by atoms with Gasteiger partial charge in [0.15, 0.2) is 0 Å². The molecule has 0 spiro atoms. The normalized spacial score (nSPS) is 24.9. The van der Waals surface area contributed by atoms with Crippen molar-refractivity contribution in [2.75, 3.05) is 25.5 Å². The van der Waals surface area contributed by atoms with Gasteiger partial charge in [0.25, 0.3) is 0 Å². The van der Waals surface area contributed by atoms with Crippen LogP contribution >= 0.6 is 11.8 Å². The predicted molar refractivity (Wildman–Crippen MR) is 97.7 cm³/mol. The summed E-state index contributed by atoms with van der Waals surface area (Å²) < 4.78 is 11.1. The Balaban J connectivity index is 1.67. The van der Waals surface area contributed by atoms with E-state index in [-0.39, 0.29) is 5.63 Å². The molecule has 4 nitrogen and oxygen atoms in total. The molecule has 2 aliphatic rings. The molecule has 2 fully saturated rings. The lowest BCUT2D eigenvalue weighted by Crippen LogP contribution is -2.51. The molecular weight excluding hydrogens is 322 g/mol. The molecule has 4 rings (SSSR count). The molecule has 0 N–H and O–H groups in total. The van der Waals surface area contributed by atoms with E-state index in [1.807, 2.05) is 17.8 Å². The van der Waals surface area contributed by atoms with Gasteiger partial charge in [0.05, 0.1) is 6.61 Å². The van der Waals surface area contributed by atoms with E-state index in [1.54, 1.807) is 6.07 Å². The SMILES string of the molecule is CCc1ccc2c(CN3CCS[C@@H]4COCC[C@@H]43)cc(=O)oc2c1. The Kier molecular flexibility index (Phi) is 4.66. The molecule has 0 amide bonds. The van der Waals surface area contributed by atoms with Crippen LogP contribution in [0, 0.1) is 0 Å². The number of hydrogen-bond donors (Lipinski definition) is 0. The number of fused-ring (bicyclic) bond motifs is 2. The Bertz CT molecular complexity index is 786. The zero-order valence-electron chi connectivity index (χ0n) is 14.0. The van der Waals surface area contributed by atoms with Gasteiger partial charge in [-0.2, -0.15) is 11.8 Å². The molecule has 1 aromatic heterocycles. The van der Waals surface area contributed by atoms with Gasteiger partial charge in [-0.1, -0.05) is 19.1 Å². The largest absolute Gasteiger partial charge is 0.423 e. The fourth-order valence-electron chi connectivity index (χ4n) is 3.80. The first-order chi connectivity index (χ1) is 11.7. The molecule has 0 bridgehead atoms. The van der Waals surface area contributed by atoms with Crippen molar-refractivity contribution in [3.8, 4) is 0 Å². The molecule has 5 heteroatoms. The van der Waals surface area contributed by atoms with E-state index in [0.717, 1.165) is 55.8 Å². The Hall–Kier alpha value is -1.30. The fourth-order valence-corrected chi connectivity index (χ4v) is 5.17. The van der Waals surface area contributed by atoms with Gasteiger partial charge in [-0.25, -0.2) is 4.79 Å². The van der Waals surface area contributed by atoms with Crippen LogP contribution in [-0.2, 0) is 17.7 Å². The van der Waals surface area contributed by atoms with E-state index in [4.69, 9.17) is 9.15 Å². The summed E-state index contributed by atoms with van der Waals surface area (Å²) in [6, 6.07) is 8.46. The van der Waals surface area contributed by atoms with Crippen LogP contribution in [0.4, 0.5) is 0 Å². The third-order valence-corrected chi connectivity index (χ3v) is 6.42. The summed E-state index contributed by atoms with van der Waals surface area (Å²) in [5.41, 5.74) is 2.75. The van der Waals surface area contributed by atoms with Gasteiger partial charge in [0, 0.05) is 48.2 Å². The molecule has 2 aromatic rings. The third kappa shape index (κ3) is 3.13. The Labute approximate surface area is 146 Å². The number of ether oxygens (including phenoxy) is 1. The highest BCUT2D eigenvalue weighted by molar-refractivity contribution is 8.00. The standard InChI is InChI=1S/C19H23NO3S/c1-2-13-3-4-15-14(10-19(21)23-17(15)9-13)11-20-6-8-24-18-12-22-7-5-16(18)20/h3-4,9-10,16,18H,2,5-8,11-12H2,1H3/t16-,18+/m0/s1. The first kappa shape index (κ1) is 16.2. The van der Waals surface area contributed by atoms with Crippen molar-refractivity contribution in [1.82, 2.24) is 4.90 Å². The van der Waals surface area contributed by atoms with Gasteiger partial charge in [0.2, 0.25) is 0 Å². The van der Waals surface area contributed by atoms with Gasteiger partial charge >= 0.3 is 5.63 Å². The van der Waals surface area contributed by atoms with E-state index in [1.165, 1.54) is 5.56 Å². The number of thioether (sulfide) groups is 1. The Morgan fingerprint density at radius 3 is 3.12 bits per heavy atom. The topological polar surface area (TPSA) is 42.7 Å². The minimum Gasteiger partial charge on any atom is -0.423 e. The lowest BCUT2D eigenvalue weighted by atomic mass is 10.0. The van der Waals surface area contributed by atoms with Crippen LogP contribution in [0.3, 0.4) is 0 Å². The van der Waals surface area contributed by atoms with Gasteiger partial charge in [0.1, 0.15) is 5.58 Å². The van der Waals surface area contributed by atoms with Gasteiger partial charge in [-0.05, 0) is 30.0 Å². The van der Waals surface area contributed by atoms with E-state index in [9.17, 15) is 4.79 Å². The quantitative estimate of drug-likeness (QED) is 0.800. The van der Waals surface area contributed by atoms with Crippen LogP contribution in [0.25, 0.3) is 11.0 Å². The van der Waals surface area contributed by atoms with Crippen LogP contribution in [-0.4, -0.2) is 41.7 Å². The van der Waals surface area contributed by atoms with E-state index in [0.29, 0.717) is 16.9 Å². The highest BCUT2D eigenvalue weighted by atomic mass is 32.2. The minimum atomic E-state index is -0.249. The highest BCUT2D eigenvalue weighted by Gasteiger charge is 2.34. The second kappa shape index (κ2) is 6.90. The summed E-state index contributed by atoms with van der Waals surface area (Å²) in [7, 11) is 0. The summed E-state index contributed by atoms with van der Waals surface area (Å²) in [6.07, 6.45) is 2.02. The average Bonchev–Trinajstić information content (AvgIpc) is 2.61. The molecule has 24 heavy (non-hydrogen) atoms. The van der Waals surface area contributed by atoms with E-state index in [2.05, 4.69) is 24.0 Å². The van der Waals surface area contributed by atoms with Crippen LogP contribution in [0.1, 0.15) is 24.5 Å². The molecule has 3 heterocycles. The van der Waals surface area contributed by atoms with E-state index >= 15 is 0 Å². The second-order valence-corrected chi connectivity index (χ2v) is 7.93. The summed E-state index contributed by atoms with van der Waals surface area (Å²) >= 11 is 2.03. The maximum Gasteiger partial charge on any atom is 0.336 e. The molecule has 2 aliphatic heterocycles. The Morgan fingerprint density at radius 2 is 2.25 bits per heavy atom.